The van der Waals surface area contributed by atoms with Gasteiger partial charge in [-0.3, -0.25) is 4.55 Å². The van der Waals surface area contributed by atoms with Gasteiger partial charge in [0, 0.05) is 32.3 Å². The Bertz CT molecular complexity index is 873. The van der Waals surface area contributed by atoms with Crippen LogP contribution in [0.15, 0.2) is 6.33 Å². The van der Waals surface area contributed by atoms with E-state index in [9.17, 15) is 13.9 Å². The summed E-state index contributed by atoms with van der Waals surface area (Å²) in [6, 6.07) is -0.310. The lowest BCUT2D eigenvalue weighted by Crippen LogP contribution is -2.37. The second-order valence-electron chi connectivity index (χ2n) is 7.33. The van der Waals surface area contributed by atoms with E-state index in [0.29, 0.717) is 49.2 Å². The van der Waals surface area contributed by atoms with E-state index in [2.05, 4.69) is 25.6 Å². The molecule has 2 aromatic heterocycles. The second-order valence-corrected chi connectivity index (χ2v) is 8.31. The maximum Gasteiger partial charge on any atom is 0.234 e. The maximum absolute atomic E-state index is 11.3. The van der Waals surface area contributed by atoms with Crippen molar-refractivity contribution in [2.45, 2.75) is 50.9 Å². The summed E-state index contributed by atoms with van der Waals surface area (Å²) in [7, 11) is 0. The van der Waals surface area contributed by atoms with Crippen LogP contribution in [0, 0.1) is 0 Å². The number of ether oxygens (including phenoxy) is 1. The minimum atomic E-state index is -1.97. The van der Waals surface area contributed by atoms with Crippen LogP contribution in [-0.2, 0) is 22.5 Å². The van der Waals surface area contributed by atoms with Gasteiger partial charge in [0.2, 0.25) is 17.2 Å². The molecular formula is C17H27N7O4S. The zero-order chi connectivity index (χ0) is 20.4. The monoisotopic (exact) mass is 425 g/mol. The fraction of sp³-hybridized carbons (Fsp3) is 0.706. The Hall–Kier alpha value is -1.86. The Morgan fingerprint density at radius 1 is 1.41 bits per heavy atom. The molecule has 0 aliphatic carbocycles. The Morgan fingerprint density at radius 2 is 2.28 bits per heavy atom. The van der Waals surface area contributed by atoms with Gasteiger partial charge < -0.3 is 25.0 Å². The van der Waals surface area contributed by atoms with Crippen LogP contribution in [0.3, 0.4) is 0 Å². The van der Waals surface area contributed by atoms with Gasteiger partial charge in [0.05, 0.1) is 25.1 Å². The Kier molecular flexibility index (Phi) is 6.25. The largest absolute Gasteiger partial charge is 0.394 e. The molecule has 2 saturated heterocycles. The molecule has 0 bridgehead atoms. The molecule has 0 saturated carbocycles. The van der Waals surface area contributed by atoms with E-state index in [1.54, 1.807) is 6.33 Å². The van der Waals surface area contributed by atoms with Gasteiger partial charge in [0.25, 0.3) is 0 Å². The SMILES string of the molecule is CCn1cnc2c(NC3CCN(S(=O)O)C3)nc(NC(CO)C3CCCO3)nc21. The number of aryl methyl sites for hydroxylation is 1. The summed E-state index contributed by atoms with van der Waals surface area (Å²) in [5, 5.41) is 16.4. The highest BCUT2D eigenvalue weighted by atomic mass is 32.2. The summed E-state index contributed by atoms with van der Waals surface area (Å²) >= 11 is -1.97. The van der Waals surface area contributed by atoms with Crippen molar-refractivity contribution >= 4 is 34.2 Å². The lowest BCUT2D eigenvalue weighted by molar-refractivity contribution is 0.0755. The van der Waals surface area contributed by atoms with E-state index in [-0.39, 0.29) is 24.8 Å². The number of anilines is 2. The highest BCUT2D eigenvalue weighted by Crippen LogP contribution is 2.25. The van der Waals surface area contributed by atoms with Crippen molar-refractivity contribution in [3.8, 4) is 0 Å². The zero-order valence-corrected chi connectivity index (χ0v) is 17.1. The van der Waals surface area contributed by atoms with Crippen LogP contribution >= 0.6 is 0 Å². The van der Waals surface area contributed by atoms with Crippen LogP contribution in [0.25, 0.3) is 11.2 Å². The molecule has 29 heavy (non-hydrogen) atoms. The maximum atomic E-state index is 11.3. The molecule has 2 aromatic rings. The first-order valence-corrected chi connectivity index (χ1v) is 11.0. The minimum absolute atomic E-state index is 0.0179. The average molecular weight is 426 g/mol. The van der Waals surface area contributed by atoms with E-state index in [1.165, 1.54) is 4.31 Å². The molecule has 4 rings (SSSR count). The first-order chi connectivity index (χ1) is 14.1. The van der Waals surface area contributed by atoms with Crippen LogP contribution in [0.5, 0.6) is 0 Å². The van der Waals surface area contributed by atoms with E-state index in [0.717, 1.165) is 19.3 Å². The lowest BCUT2D eigenvalue weighted by Gasteiger charge is -2.22. The second kappa shape index (κ2) is 8.88. The van der Waals surface area contributed by atoms with Gasteiger partial charge in [-0.15, -0.1) is 0 Å². The lowest BCUT2D eigenvalue weighted by atomic mass is 10.1. The standard InChI is InChI=1S/C17H27N7O4S/c1-2-23-10-18-14-15(19-11-5-6-24(8-11)29(26)27)21-17(22-16(14)23)20-12(9-25)13-4-3-7-28-13/h10-13,25H,2-9H2,1H3,(H,26,27)(H2,19,20,21,22). The fourth-order valence-electron chi connectivity index (χ4n) is 3.86. The van der Waals surface area contributed by atoms with E-state index in [4.69, 9.17) is 4.74 Å². The average Bonchev–Trinajstić information content (AvgIpc) is 3.46. The number of aromatic nitrogens is 4. The number of nitrogens with one attached hydrogen (secondary N) is 2. The number of aliphatic hydroxyl groups is 1. The molecule has 11 nitrogen and oxygen atoms in total. The molecule has 4 unspecified atom stereocenters. The Labute approximate surface area is 171 Å². The number of fused-ring (bicyclic) bond motifs is 1. The number of rotatable bonds is 8. The molecule has 4 atom stereocenters. The highest BCUT2D eigenvalue weighted by Gasteiger charge is 2.29. The molecule has 0 amide bonds. The number of aliphatic hydroxyl groups excluding tert-OH is 1. The quantitative estimate of drug-likeness (QED) is 0.443. The molecule has 0 spiro atoms. The van der Waals surface area contributed by atoms with E-state index in [1.807, 2.05) is 11.5 Å². The Morgan fingerprint density at radius 3 is 2.93 bits per heavy atom. The van der Waals surface area contributed by atoms with Crippen molar-refractivity contribution in [1.29, 1.82) is 0 Å². The van der Waals surface area contributed by atoms with Gasteiger partial charge >= 0.3 is 0 Å². The van der Waals surface area contributed by atoms with Crippen LogP contribution in [0.4, 0.5) is 11.8 Å². The van der Waals surface area contributed by atoms with E-state index < -0.39 is 11.3 Å². The third-order valence-electron chi connectivity index (χ3n) is 5.44. The third kappa shape index (κ3) is 4.36. The summed E-state index contributed by atoms with van der Waals surface area (Å²) in [4.78, 5) is 13.7. The normalized spacial score (nSPS) is 24.8. The summed E-state index contributed by atoms with van der Waals surface area (Å²) < 4.78 is 29.7. The number of hydrogen-bond acceptors (Lipinski definition) is 8. The minimum Gasteiger partial charge on any atom is -0.394 e. The molecule has 0 radical (unpaired) electrons. The topological polar surface area (TPSA) is 138 Å². The molecule has 2 fully saturated rings. The molecule has 4 N–H and O–H groups in total. The van der Waals surface area contributed by atoms with Crippen molar-refractivity contribution in [3.63, 3.8) is 0 Å². The molecule has 2 aliphatic heterocycles. The summed E-state index contributed by atoms with van der Waals surface area (Å²) in [5.41, 5.74) is 1.34. The van der Waals surface area contributed by atoms with Crippen molar-refractivity contribution in [3.05, 3.63) is 6.33 Å². The molecular weight excluding hydrogens is 398 g/mol. The van der Waals surface area contributed by atoms with Gasteiger partial charge in [-0.1, -0.05) is 0 Å². The fourth-order valence-corrected chi connectivity index (χ4v) is 4.43. The zero-order valence-electron chi connectivity index (χ0n) is 16.3. The Balaban J connectivity index is 1.60. The van der Waals surface area contributed by atoms with Crippen molar-refractivity contribution in [2.75, 3.05) is 36.9 Å². The first kappa shape index (κ1) is 20.4. The summed E-state index contributed by atoms with van der Waals surface area (Å²) in [6.07, 6.45) is 4.23. The number of hydrogen-bond donors (Lipinski definition) is 4. The van der Waals surface area contributed by atoms with Crippen molar-refractivity contribution in [1.82, 2.24) is 23.8 Å². The molecule has 4 heterocycles. The first-order valence-electron chi connectivity index (χ1n) is 9.93. The van der Waals surface area contributed by atoms with Gasteiger partial charge in [-0.05, 0) is 26.2 Å². The van der Waals surface area contributed by atoms with Crippen LogP contribution in [-0.4, -0.2) is 82.2 Å². The van der Waals surface area contributed by atoms with Gasteiger partial charge in [-0.25, -0.2) is 9.19 Å². The van der Waals surface area contributed by atoms with Crippen LogP contribution in [0.2, 0.25) is 0 Å². The summed E-state index contributed by atoms with van der Waals surface area (Å²) in [5.74, 6) is 0.967. The van der Waals surface area contributed by atoms with Crippen molar-refractivity contribution in [2.24, 2.45) is 0 Å². The van der Waals surface area contributed by atoms with Gasteiger partial charge in [0.1, 0.15) is 0 Å². The molecule has 12 heteroatoms. The van der Waals surface area contributed by atoms with Crippen molar-refractivity contribution < 1.29 is 18.6 Å². The summed E-state index contributed by atoms with van der Waals surface area (Å²) in [6.45, 7) is 4.32. The smallest absolute Gasteiger partial charge is 0.234 e. The van der Waals surface area contributed by atoms with Gasteiger partial charge in [0.15, 0.2) is 17.0 Å². The number of nitrogens with zero attached hydrogens (tertiary/aromatic N) is 5. The van der Waals surface area contributed by atoms with E-state index >= 15 is 0 Å². The molecule has 160 valence electrons. The van der Waals surface area contributed by atoms with Crippen LogP contribution in [0.1, 0.15) is 26.2 Å². The highest BCUT2D eigenvalue weighted by molar-refractivity contribution is 7.76. The predicted molar refractivity (Wildman–Crippen MR) is 109 cm³/mol. The predicted octanol–water partition coefficient (Wildman–Crippen LogP) is 0.421. The molecule has 2 aliphatic rings. The van der Waals surface area contributed by atoms with Crippen LogP contribution < -0.4 is 10.6 Å². The molecule has 0 aromatic carbocycles. The number of imidazole rings is 1. The third-order valence-corrected chi connectivity index (χ3v) is 6.22. The van der Waals surface area contributed by atoms with Gasteiger partial charge in [-0.2, -0.15) is 14.3 Å².